The van der Waals surface area contributed by atoms with Crippen molar-refractivity contribution in [3.8, 4) is 6.07 Å². The quantitative estimate of drug-likeness (QED) is 0.901. The van der Waals surface area contributed by atoms with Crippen LogP contribution in [0.3, 0.4) is 0 Å². The molecule has 0 aromatic heterocycles. The van der Waals surface area contributed by atoms with Crippen LogP contribution in [0.4, 0.5) is 14.9 Å². The zero-order chi connectivity index (χ0) is 14.5. The van der Waals surface area contributed by atoms with Crippen molar-refractivity contribution < 1.29 is 13.9 Å². The zero-order valence-electron chi connectivity index (χ0n) is 11.2. The number of carbonyl (C=O) groups is 1. The summed E-state index contributed by atoms with van der Waals surface area (Å²) in [6, 6.07) is 6.51. The highest BCUT2D eigenvalue weighted by Gasteiger charge is 2.23. The Morgan fingerprint density at radius 2 is 2.20 bits per heavy atom. The molecule has 1 fully saturated rings. The minimum absolute atomic E-state index is 0.0305. The molecule has 6 heteroatoms. The number of rotatable bonds is 2. The number of amides is 1. The second kappa shape index (κ2) is 6.24. The number of carbonyl (C=O) groups excluding carboxylic acids is 1. The molecule has 1 aromatic carbocycles. The third-order valence-corrected chi connectivity index (χ3v) is 3.41. The van der Waals surface area contributed by atoms with Crippen LogP contribution < -0.4 is 5.32 Å². The highest BCUT2D eigenvalue weighted by Crippen LogP contribution is 2.22. The second-order valence-electron chi connectivity index (χ2n) is 4.65. The average Bonchev–Trinajstić information content (AvgIpc) is 2.47. The van der Waals surface area contributed by atoms with E-state index in [0.717, 1.165) is 12.8 Å². The van der Waals surface area contributed by atoms with E-state index in [-0.39, 0.29) is 17.7 Å². The fourth-order valence-electron chi connectivity index (χ4n) is 2.31. The number of nitrogens with zero attached hydrogens (tertiary/aromatic N) is 2. The van der Waals surface area contributed by atoms with Gasteiger partial charge >= 0.3 is 6.09 Å². The predicted octanol–water partition coefficient (Wildman–Crippen LogP) is 2.34. The molecule has 1 amide bonds. The molecule has 106 valence electrons. The second-order valence-corrected chi connectivity index (χ2v) is 4.65. The Morgan fingerprint density at radius 1 is 1.50 bits per heavy atom. The summed E-state index contributed by atoms with van der Waals surface area (Å²) in [6.45, 7) is 1.17. The van der Waals surface area contributed by atoms with E-state index in [1.807, 2.05) is 6.07 Å². The number of piperidine rings is 1. The van der Waals surface area contributed by atoms with Gasteiger partial charge in [-0.2, -0.15) is 5.26 Å². The van der Waals surface area contributed by atoms with Gasteiger partial charge in [0.05, 0.1) is 12.8 Å². The van der Waals surface area contributed by atoms with E-state index in [0.29, 0.717) is 18.8 Å². The summed E-state index contributed by atoms with van der Waals surface area (Å²) in [6.07, 6.45) is 1.14. The van der Waals surface area contributed by atoms with Gasteiger partial charge in [0.2, 0.25) is 0 Å². The number of hydrogen-bond donors (Lipinski definition) is 1. The lowest BCUT2D eigenvalue weighted by Crippen LogP contribution is -2.42. The summed E-state index contributed by atoms with van der Waals surface area (Å²) >= 11 is 0. The lowest BCUT2D eigenvalue weighted by atomic mass is 10.0. The Morgan fingerprint density at radius 3 is 2.80 bits per heavy atom. The SMILES string of the molecule is COC(=O)N1CCC(Nc2cccc(F)c2C#N)CC1. The molecule has 1 saturated heterocycles. The maximum atomic E-state index is 13.5. The summed E-state index contributed by atoms with van der Waals surface area (Å²) in [5.41, 5.74) is 0.534. The molecule has 1 aliphatic rings. The van der Waals surface area contributed by atoms with E-state index >= 15 is 0 Å². The molecule has 1 aliphatic heterocycles. The van der Waals surface area contributed by atoms with E-state index in [2.05, 4.69) is 10.1 Å². The standard InChI is InChI=1S/C14H16FN3O2/c1-20-14(19)18-7-5-10(6-8-18)17-13-4-2-3-12(15)11(13)9-16/h2-4,10,17H,5-8H2,1H3. The maximum absolute atomic E-state index is 13.5. The van der Waals surface area contributed by atoms with Crippen molar-refractivity contribution >= 4 is 11.8 Å². The average molecular weight is 277 g/mol. The van der Waals surface area contributed by atoms with Gasteiger partial charge in [-0.1, -0.05) is 6.07 Å². The van der Waals surface area contributed by atoms with E-state index in [4.69, 9.17) is 5.26 Å². The molecule has 20 heavy (non-hydrogen) atoms. The van der Waals surface area contributed by atoms with Crippen LogP contribution in [0, 0.1) is 17.1 Å². The minimum atomic E-state index is -0.524. The minimum Gasteiger partial charge on any atom is -0.453 e. The van der Waals surface area contributed by atoms with Crippen molar-refractivity contribution in [3.05, 3.63) is 29.6 Å². The highest BCUT2D eigenvalue weighted by atomic mass is 19.1. The maximum Gasteiger partial charge on any atom is 0.409 e. The molecule has 0 unspecified atom stereocenters. The van der Waals surface area contributed by atoms with Crippen molar-refractivity contribution in [2.24, 2.45) is 0 Å². The van der Waals surface area contributed by atoms with Gasteiger partial charge in [-0.25, -0.2) is 9.18 Å². The van der Waals surface area contributed by atoms with Crippen LogP contribution in [0.25, 0.3) is 0 Å². The third-order valence-electron chi connectivity index (χ3n) is 3.41. The van der Waals surface area contributed by atoms with Crippen LogP contribution in [0.15, 0.2) is 18.2 Å². The molecule has 2 rings (SSSR count). The van der Waals surface area contributed by atoms with Gasteiger partial charge in [-0.05, 0) is 25.0 Å². The molecule has 0 aliphatic carbocycles. The summed E-state index contributed by atoms with van der Waals surface area (Å²) in [7, 11) is 1.36. The first-order valence-electron chi connectivity index (χ1n) is 6.43. The van der Waals surface area contributed by atoms with E-state index < -0.39 is 5.82 Å². The first-order chi connectivity index (χ1) is 9.65. The van der Waals surface area contributed by atoms with Crippen LogP contribution in [0.2, 0.25) is 0 Å². The van der Waals surface area contributed by atoms with E-state index in [9.17, 15) is 9.18 Å². The number of benzene rings is 1. The topological polar surface area (TPSA) is 65.4 Å². The Balaban J connectivity index is 1.98. The number of ether oxygens (including phenoxy) is 1. The third kappa shape index (κ3) is 2.99. The van der Waals surface area contributed by atoms with Crippen LogP contribution in [-0.4, -0.2) is 37.2 Å². The number of hydrogen-bond acceptors (Lipinski definition) is 4. The van der Waals surface area contributed by atoms with Gasteiger partial charge in [-0.15, -0.1) is 0 Å². The van der Waals surface area contributed by atoms with Gasteiger partial charge in [0, 0.05) is 19.1 Å². The molecule has 1 heterocycles. The molecule has 5 nitrogen and oxygen atoms in total. The summed E-state index contributed by atoms with van der Waals surface area (Å²) in [5, 5.41) is 12.2. The number of nitrogens with one attached hydrogen (secondary N) is 1. The lowest BCUT2D eigenvalue weighted by molar-refractivity contribution is 0.113. The molecule has 0 atom stereocenters. The molecule has 1 aromatic rings. The Bertz CT molecular complexity index is 534. The summed E-state index contributed by atoms with van der Waals surface area (Å²) < 4.78 is 18.2. The van der Waals surface area contributed by atoms with Crippen molar-refractivity contribution in [3.63, 3.8) is 0 Å². The molecule has 0 radical (unpaired) electrons. The van der Waals surface area contributed by atoms with Crippen molar-refractivity contribution in [2.75, 3.05) is 25.5 Å². The van der Waals surface area contributed by atoms with Crippen LogP contribution in [0.1, 0.15) is 18.4 Å². The Hall–Kier alpha value is -2.29. The summed E-state index contributed by atoms with van der Waals surface area (Å²) in [5.74, 6) is -0.524. The van der Waals surface area contributed by atoms with Crippen LogP contribution in [0.5, 0.6) is 0 Å². The lowest BCUT2D eigenvalue weighted by Gasteiger charge is -2.32. The normalized spacial score (nSPS) is 15.6. The largest absolute Gasteiger partial charge is 0.453 e. The van der Waals surface area contributed by atoms with Gasteiger partial charge in [0.1, 0.15) is 17.4 Å². The predicted molar refractivity (Wildman–Crippen MR) is 71.7 cm³/mol. The van der Waals surface area contributed by atoms with Gasteiger partial charge in [-0.3, -0.25) is 0 Å². The first kappa shape index (κ1) is 14.1. The van der Waals surface area contributed by atoms with Crippen molar-refractivity contribution in [2.45, 2.75) is 18.9 Å². The number of nitriles is 1. The fraction of sp³-hybridized carbons (Fsp3) is 0.429. The van der Waals surface area contributed by atoms with Crippen LogP contribution >= 0.6 is 0 Å². The molecular weight excluding hydrogens is 261 g/mol. The number of anilines is 1. The highest BCUT2D eigenvalue weighted by molar-refractivity contribution is 5.67. The van der Waals surface area contributed by atoms with Crippen LogP contribution in [-0.2, 0) is 4.74 Å². The van der Waals surface area contributed by atoms with Crippen molar-refractivity contribution in [1.82, 2.24) is 4.90 Å². The molecular formula is C14H16FN3O2. The number of halogens is 1. The van der Waals surface area contributed by atoms with Crippen molar-refractivity contribution in [1.29, 1.82) is 5.26 Å². The number of likely N-dealkylation sites (tertiary alicyclic amines) is 1. The molecule has 0 saturated carbocycles. The monoisotopic (exact) mass is 277 g/mol. The van der Waals surface area contributed by atoms with E-state index in [1.165, 1.54) is 13.2 Å². The molecule has 0 bridgehead atoms. The van der Waals surface area contributed by atoms with Gasteiger partial charge in [0.25, 0.3) is 0 Å². The Labute approximate surface area is 116 Å². The first-order valence-corrected chi connectivity index (χ1v) is 6.43. The number of methoxy groups -OCH3 is 1. The van der Waals surface area contributed by atoms with Gasteiger partial charge < -0.3 is 15.0 Å². The zero-order valence-corrected chi connectivity index (χ0v) is 11.2. The smallest absolute Gasteiger partial charge is 0.409 e. The summed E-state index contributed by atoms with van der Waals surface area (Å²) in [4.78, 5) is 13.0. The molecule has 0 spiro atoms. The Kier molecular flexibility index (Phi) is 4.41. The molecule has 1 N–H and O–H groups in total. The van der Waals surface area contributed by atoms with E-state index in [1.54, 1.807) is 17.0 Å². The fourth-order valence-corrected chi connectivity index (χ4v) is 2.31. The van der Waals surface area contributed by atoms with Gasteiger partial charge in [0.15, 0.2) is 0 Å².